The van der Waals surface area contributed by atoms with Gasteiger partial charge in [-0.25, -0.2) is 0 Å². The van der Waals surface area contributed by atoms with Crippen LogP contribution in [-0.4, -0.2) is 48.5 Å². The summed E-state index contributed by atoms with van der Waals surface area (Å²) in [6, 6.07) is 11.0. The topological polar surface area (TPSA) is 64.0 Å². The van der Waals surface area contributed by atoms with E-state index < -0.39 is 5.66 Å². The van der Waals surface area contributed by atoms with Gasteiger partial charge in [-0.1, -0.05) is 30.3 Å². The summed E-state index contributed by atoms with van der Waals surface area (Å²) in [5.41, 5.74) is 0.326. The number of hydrogen-bond acceptors (Lipinski definition) is 5. The third-order valence-electron chi connectivity index (χ3n) is 5.30. The molecule has 0 N–H and O–H groups in total. The first-order valence-electron chi connectivity index (χ1n) is 8.57. The van der Waals surface area contributed by atoms with Crippen LogP contribution >= 0.6 is 0 Å². The van der Waals surface area contributed by atoms with Crippen LogP contribution in [0.1, 0.15) is 22.5 Å². The maximum atomic E-state index is 13.1. The molecule has 2 aliphatic rings. The van der Waals surface area contributed by atoms with Crippen LogP contribution in [0.4, 0.5) is 0 Å². The van der Waals surface area contributed by atoms with E-state index in [0.717, 1.165) is 5.56 Å². The highest BCUT2D eigenvalue weighted by Gasteiger charge is 2.50. The Morgan fingerprint density at radius 1 is 1.15 bits per heavy atom. The van der Waals surface area contributed by atoms with Crippen molar-refractivity contribution in [2.75, 3.05) is 32.3 Å². The number of amides is 1. The van der Waals surface area contributed by atoms with Gasteiger partial charge in [-0.3, -0.25) is 19.3 Å². The van der Waals surface area contributed by atoms with Gasteiger partial charge in [0.15, 0.2) is 17.1 Å². The molecule has 1 spiro atoms. The molecule has 0 aliphatic carbocycles. The molecular weight excluding hydrogens is 334 g/mol. The third-order valence-corrected chi connectivity index (χ3v) is 5.30. The smallest absolute Gasteiger partial charge is 0.278 e. The standard InChI is InChI=1S/C19H21N3O4/c1-20-18(24)16-17(26-12-14-6-4-3-5-7-14)15(23)8-10-22(16)21(2)19(20)9-11-25-13-19/h3-8,10H,9,11-13H2,1-2H3. The zero-order chi connectivity index (χ0) is 18.3. The Bertz CT molecular complexity index is 887. The van der Waals surface area contributed by atoms with Crippen molar-refractivity contribution in [3.8, 4) is 5.75 Å². The third kappa shape index (κ3) is 2.39. The molecule has 1 aromatic carbocycles. The van der Waals surface area contributed by atoms with Crippen LogP contribution in [0, 0.1) is 0 Å². The van der Waals surface area contributed by atoms with Crippen molar-refractivity contribution in [2.24, 2.45) is 0 Å². The molecule has 1 atom stereocenters. The van der Waals surface area contributed by atoms with E-state index in [4.69, 9.17) is 9.47 Å². The highest BCUT2D eigenvalue weighted by atomic mass is 16.5. The summed E-state index contributed by atoms with van der Waals surface area (Å²) in [4.78, 5) is 27.2. The second kappa shape index (κ2) is 6.17. The molecule has 26 heavy (non-hydrogen) atoms. The Balaban J connectivity index is 1.75. The number of carbonyl (C=O) groups excluding carboxylic acids is 1. The summed E-state index contributed by atoms with van der Waals surface area (Å²) in [5, 5.41) is 1.95. The second-order valence-corrected chi connectivity index (χ2v) is 6.65. The Morgan fingerprint density at radius 2 is 1.92 bits per heavy atom. The largest absolute Gasteiger partial charge is 0.482 e. The van der Waals surface area contributed by atoms with Gasteiger partial charge < -0.3 is 14.4 Å². The van der Waals surface area contributed by atoms with E-state index in [1.54, 1.807) is 22.8 Å². The first-order chi connectivity index (χ1) is 12.5. The molecular formula is C19H21N3O4. The van der Waals surface area contributed by atoms with Crippen molar-refractivity contribution in [1.82, 2.24) is 9.58 Å². The fourth-order valence-corrected chi connectivity index (χ4v) is 3.65. The summed E-state index contributed by atoms with van der Waals surface area (Å²) < 4.78 is 13.1. The van der Waals surface area contributed by atoms with Crippen LogP contribution < -0.4 is 15.2 Å². The van der Waals surface area contributed by atoms with Gasteiger partial charge in [0.05, 0.1) is 13.2 Å². The minimum Gasteiger partial charge on any atom is -0.482 e. The van der Waals surface area contributed by atoms with E-state index in [1.807, 2.05) is 42.4 Å². The minimum absolute atomic E-state index is 0.0776. The number of benzene rings is 1. The van der Waals surface area contributed by atoms with Crippen LogP contribution in [0.25, 0.3) is 0 Å². The Kier molecular flexibility index (Phi) is 3.96. The molecule has 1 fully saturated rings. The zero-order valence-corrected chi connectivity index (χ0v) is 14.8. The van der Waals surface area contributed by atoms with Gasteiger partial charge >= 0.3 is 0 Å². The number of hydrogen-bond donors (Lipinski definition) is 0. The van der Waals surface area contributed by atoms with Crippen LogP contribution in [0.2, 0.25) is 0 Å². The van der Waals surface area contributed by atoms with E-state index in [-0.39, 0.29) is 29.4 Å². The minimum atomic E-state index is -0.546. The van der Waals surface area contributed by atoms with E-state index in [0.29, 0.717) is 19.6 Å². The highest BCUT2D eigenvalue weighted by molar-refractivity contribution is 5.96. The van der Waals surface area contributed by atoms with E-state index in [1.165, 1.54) is 6.07 Å². The SMILES string of the molecule is CN1C(=O)c2c(OCc3ccccc3)c(=O)ccn2N(C)C12CCOC2. The quantitative estimate of drug-likeness (QED) is 0.828. The lowest BCUT2D eigenvalue weighted by Gasteiger charge is -2.50. The molecule has 4 rings (SSSR count). The van der Waals surface area contributed by atoms with Gasteiger partial charge in [0.1, 0.15) is 6.61 Å². The molecule has 7 nitrogen and oxygen atoms in total. The maximum Gasteiger partial charge on any atom is 0.278 e. The number of nitrogens with zero attached hydrogens (tertiary/aromatic N) is 3. The predicted octanol–water partition coefficient (Wildman–Crippen LogP) is 1.20. The monoisotopic (exact) mass is 355 g/mol. The molecule has 136 valence electrons. The molecule has 1 amide bonds. The number of likely N-dealkylation sites (N-methyl/N-ethyl adjacent to an activating group) is 2. The first-order valence-corrected chi connectivity index (χ1v) is 8.57. The Labute approximate surface area is 151 Å². The lowest BCUT2D eigenvalue weighted by atomic mass is 10.0. The van der Waals surface area contributed by atoms with Gasteiger partial charge in [-0.2, -0.15) is 0 Å². The molecule has 0 saturated carbocycles. The molecule has 1 aromatic heterocycles. The van der Waals surface area contributed by atoms with E-state index in [2.05, 4.69) is 0 Å². The number of carbonyl (C=O) groups is 1. The average Bonchev–Trinajstić information content (AvgIpc) is 3.15. The van der Waals surface area contributed by atoms with Crippen molar-refractivity contribution in [2.45, 2.75) is 18.7 Å². The Morgan fingerprint density at radius 3 is 2.62 bits per heavy atom. The van der Waals surface area contributed by atoms with Crippen molar-refractivity contribution in [3.63, 3.8) is 0 Å². The van der Waals surface area contributed by atoms with Gasteiger partial charge in [0.25, 0.3) is 5.91 Å². The highest BCUT2D eigenvalue weighted by Crippen LogP contribution is 2.34. The van der Waals surface area contributed by atoms with Gasteiger partial charge in [0.2, 0.25) is 5.43 Å². The molecule has 3 heterocycles. The summed E-state index contributed by atoms with van der Waals surface area (Å²) in [6.45, 7) is 1.24. The van der Waals surface area contributed by atoms with E-state index in [9.17, 15) is 9.59 Å². The molecule has 7 heteroatoms. The predicted molar refractivity (Wildman–Crippen MR) is 95.9 cm³/mol. The zero-order valence-electron chi connectivity index (χ0n) is 14.8. The number of aromatic nitrogens is 1. The number of ether oxygens (including phenoxy) is 2. The number of rotatable bonds is 3. The molecule has 2 aromatic rings. The van der Waals surface area contributed by atoms with Gasteiger partial charge in [0, 0.05) is 32.8 Å². The molecule has 0 radical (unpaired) electrons. The molecule has 0 bridgehead atoms. The second-order valence-electron chi connectivity index (χ2n) is 6.65. The van der Waals surface area contributed by atoms with Crippen LogP contribution in [0.3, 0.4) is 0 Å². The fourth-order valence-electron chi connectivity index (χ4n) is 3.65. The average molecular weight is 355 g/mol. The lowest BCUT2D eigenvalue weighted by Crippen LogP contribution is -2.68. The Hall–Kier alpha value is -2.80. The summed E-state index contributed by atoms with van der Waals surface area (Å²) >= 11 is 0. The maximum absolute atomic E-state index is 13.1. The number of fused-ring (bicyclic) bond motifs is 1. The molecule has 2 aliphatic heterocycles. The van der Waals surface area contributed by atoms with Crippen molar-refractivity contribution in [3.05, 3.63) is 64.1 Å². The number of pyridine rings is 1. The van der Waals surface area contributed by atoms with Crippen LogP contribution in [-0.2, 0) is 11.3 Å². The van der Waals surface area contributed by atoms with Gasteiger partial charge in [-0.15, -0.1) is 0 Å². The summed E-state index contributed by atoms with van der Waals surface area (Å²) in [6.07, 6.45) is 2.33. The fraction of sp³-hybridized carbons (Fsp3) is 0.368. The molecule has 1 saturated heterocycles. The van der Waals surface area contributed by atoms with Crippen molar-refractivity contribution >= 4 is 5.91 Å². The normalized spacial score (nSPS) is 22.0. The van der Waals surface area contributed by atoms with Crippen LogP contribution in [0.5, 0.6) is 5.75 Å². The lowest BCUT2D eigenvalue weighted by molar-refractivity contribution is 0.0329. The van der Waals surface area contributed by atoms with Gasteiger partial charge in [-0.05, 0) is 5.56 Å². The summed E-state index contributed by atoms with van der Waals surface area (Å²) in [7, 11) is 3.64. The van der Waals surface area contributed by atoms with E-state index >= 15 is 0 Å². The summed E-state index contributed by atoms with van der Waals surface area (Å²) in [5.74, 6) is -0.164. The van der Waals surface area contributed by atoms with Crippen LogP contribution in [0.15, 0.2) is 47.4 Å². The van der Waals surface area contributed by atoms with Crippen molar-refractivity contribution in [1.29, 1.82) is 0 Å². The molecule has 1 unspecified atom stereocenters. The van der Waals surface area contributed by atoms with Crippen molar-refractivity contribution < 1.29 is 14.3 Å². The first kappa shape index (κ1) is 16.7.